The van der Waals surface area contributed by atoms with Crippen molar-refractivity contribution < 1.29 is 9.53 Å². The van der Waals surface area contributed by atoms with Gasteiger partial charge in [-0.15, -0.1) is 0 Å². The number of hydrogen-bond acceptors (Lipinski definition) is 2. The minimum atomic E-state index is -0.0380. The van der Waals surface area contributed by atoms with Crippen LogP contribution >= 0.6 is 0 Å². The number of benzene rings is 1. The molecule has 0 aliphatic rings. The van der Waals surface area contributed by atoms with Gasteiger partial charge in [0.1, 0.15) is 0 Å². The predicted molar refractivity (Wildman–Crippen MR) is 69.0 cm³/mol. The third kappa shape index (κ3) is 4.57. The van der Waals surface area contributed by atoms with Crippen LogP contribution in [0.3, 0.4) is 0 Å². The normalized spacial score (nSPS) is 12.5. The molecule has 1 rings (SSSR count). The minimum absolute atomic E-state index is 0.0380. The lowest BCUT2D eigenvalue weighted by atomic mass is 10.0. The molecule has 1 N–H and O–H groups in total. The second-order valence-electron chi connectivity index (χ2n) is 4.35. The highest BCUT2D eigenvalue weighted by Gasteiger charge is 2.16. The van der Waals surface area contributed by atoms with Gasteiger partial charge >= 0.3 is 0 Å². The SMILES string of the molecule is CCOCC(NC(=O)c1ccccc1)C(C)C. The summed E-state index contributed by atoms with van der Waals surface area (Å²) >= 11 is 0. The third-order valence-corrected chi connectivity index (χ3v) is 2.66. The maximum atomic E-state index is 12.0. The van der Waals surface area contributed by atoms with Crippen LogP contribution in [0.2, 0.25) is 0 Å². The molecule has 0 aliphatic heterocycles. The Bertz CT molecular complexity index is 335. The third-order valence-electron chi connectivity index (χ3n) is 2.66. The fourth-order valence-corrected chi connectivity index (χ4v) is 1.49. The van der Waals surface area contributed by atoms with E-state index in [0.29, 0.717) is 24.7 Å². The van der Waals surface area contributed by atoms with Gasteiger partial charge in [-0.1, -0.05) is 32.0 Å². The second-order valence-corrected chi connectivity index (χ2v) is 4.35. The van der Waals surface area contributed by atoms with Gasteiger partial charge in [-0.3, -0.25) is 4.79 Å². The summed E-state index contributed by atoms with van der Waals surface area (Å²) in [6.45, 7) is 7.34. The zero-order valence-corrected chi connectivity index (χ0v) is 10.8. The fourth-order valence-electron chi connectivity index (χ4n) is 1.49. The highest BCUT2D eigenvalue weighted by Crippen LogP contribution is 2.05. The van der Waals surface area contributed by atoms with E-state index in [9.17, 15) is 4.79 Å². The van der Waals surface area contributed by atoms with Crippen LogP contribution < -0.4 is 5.32 Å². The van der Waals surface area contributed by atoms with Crippen molar-refractivity contribution in [1.82, 2.24) is 5.32 Å². The fraction of sp³-hybridized carbons (Fsp3) is 0.500. The average molecular weight is 235 g/mol. The van der Waals surface area contributed by atoms with E-state index in [1.807, 2.05) is 37.3 Å². The summed E-state index contributed by atoms with van der Waals surface area (Å²) in [5.41, 5.74) is 0.689. The first kappa shape index (κ1) is 13.7. The summed E-state index contributed by atoms with van der Waals surface area (Å²) < 4.78 is 5.38. The summed E-state index contributed by atoms with van der Waals surface area (Å²) in [6, 6.07) is 9.31. The van der Waals surface area contributed by atoms with Gasteiger partial charge in [0, 0.05) is 12.2 Å². The predicted octanol–water partition coefficient (Wildman–Crippen LogP) is 2.48. The number of carbonyl (C=O) groups is 1. The standard InChI is InChI=1S/C14H21NO2/c1-4-17-10-13(11(2)3)15-14(16)12-8-6-5-7-9-12/h5-9,11,13H,4,10H2,1-3H3,(H,15,16). The maximum absolute atomic E-state index is 12.0. The van der Waals surface area contributed by atoms with E-state index < -0.39 is 0 Å². The first-order chi connectivity index (χ1) is 8.15. The van der Waals surface area contributed by atoms with Gasteiger partial charge in [0.05, 0.1) is 12.6 Å². The Balaban J connectivity index is 2.58. The zero-order valence-electron chi connectivity index (χ0n) is 10.8. The molecule has 0 saturated heterocycles. The Morgan fingerprint density at radius 2 is 1.94 bits per heavy atom. The first-order valence-electron chi connectivity index (χ1n) is 6.08. The molecule has 0 heterocycles. The molecule has 0 radical (unpaired) electrons. The van der Waals surface area contributed by atoms with E-state index in [4.69, 9.17) is 4.74 Å². The molecule has 0 spiro atoms. The van der Waals surface area contributed by atoms with Crippen molar-refractivity contribution >= 4 is 5.91 Å². The molecule has 0 aromatic heterocycles. The van der Waals surface area contributed by atoms with Gasteiger partial charge in [0.2, 0.25) is 0 Å². The molecule has 1 aromatic carbocycles. The first-order valence-corrected chi connectivity index (χ1v) is 6.08. The summed E-state index contributed by atoms with van der Waals surface area (Å²) in [4.78, 5) is 12.0. The maximum Gasteiger partial charge on any atom is 0.251 e. The molecular weight excluding hydrogens is 214 g/mol. The zero-order chi connectivity index (χ0) is 12.7. The van der Waals surface area contributed by atoms with Crippen LogP contribution in [0, 0.1) is 5.92 Å². The van der Waals surface area contributed by atoms with Gasteiger partial charge in [-0.2, -0.15) is 0 Å². The van der Waals surface area contributed by atoms with Crippen molar-refractivity contribution in [3.63, 3.8) is 0 Å². The molecule has 1 amide bonds. The number of hydrogen-bond donors (Lipinski definition) is 1. The van der Waals surface area contributed by atoms with Gasteiger partial charge < -0.3 is 10.1 Å². The van der Waals surface area contributed by atoms with Crippen molar-refractivity contribution in [3.8, 4) is 0 Å². The number of carbonyl (C=O) groups excluding carboxylic acids is 1. The lowest BCUT2D eigenvalue weighted by Gasteiger charge is -2.22. The van der Waals surface area contributed by atoms with E-state index in [1.54, 1.807) is 0 Å². The van der Waals surface area contributed by atoms with Crippen molar-refractivity contribution in [2.75, 3.05) is 13.2 Å². The van der Waals surface area contributed by atoms with Crippen molar-refractivity contribution in [2.24, 2.45) is 5.92 Å². The van der Waals surface area contributed by atoms with E-state index in [0.717, 1.165) is 0 Å². The average Bonchev–Trinajstić information content (AvgIpc) is 2.35. The van der Waals surface area contributed by atoms with E-state index in [2.05, 4.69) is 19.2 Å². The summed E-state index contributed by atoms with van der Waals surface area (Å²) in [5, 5.41) is 3.00. The summed E-state index contributed by atoms with van der Waals surface area (Å²) in [7, 11) is 0. The van der Waals surface area contributed by atoms with Crippen LogP contribution in [0.4, 0.5) is 0 Å². The van der Waals surface area contributed by atoms with Crippen LogP contribution in [0.25, 0.3) is 0 Å². The van der Waals surface area contributed by atoms with Gasteiger partial charge in [0.15, 0.2) is 0 Å². The van der Waals surface area contributed by atoms with Crippen molar-refractivity contribution in [1.29, 1.82) is 0 Å². The molecule has 0 fully saturated rings. The van der Waals surface area contributed by atoms with Crippen LogP contribution in [0.15, 0.2) is 30.3 Å². The van der Waals surface area contributed by atoms with E-state index in [1.165, 1.54) is 0 Å². The number of ether oxygens (including phenoxy) is 1. The van der Waals surface area contributed by atoms with Gasteiger partial charge in [0.25, 0.3) is 5.91 Å². The lowest BCUT2D eigenvalue weighted by molar-refractivity contribution is 0.0806. The Labute approximate surface area is 103 Å². The van der Waals surface area contributed by atoms with Crippen LogP contribution in [-0.4, -0.2) is 25.2 Å². The molecule has 1 unspecified atom stereocenters. The number of nitrogens with one attached hydrogen (secondary N) is 1. The molecule has 0 saturated carbocycles. The van der Waals surface area contributed by atoms with Crippen LogP contribution in [0.1, 0.15) is 31.1 Å². The van der Waals surface area contributed by atoms with Crippen molar-refractivity contribution in [3.05, 3.63) is 35.9 Å². The topological polar surface area (TPSA) is 38.3 Å². The monoisotopic (exact) mass is 235 g/mol. The second kappa shape index (κ2) is 7.07. The highest BCUT2D eigenvalue weighted by atomic mass is 16.5. The highest BCUT2D eigenvalue weighted by molar-refractivity contribution is 5.94. The summed E-state index contributed by atoms with van der Waals surface area (Å²) in [6.07, 6.45) is 0. The molecule has 17 heavy (non-hydrogen) atoms. The number of amides is 1. The summed E-state index contributed by atoms with van der Waals surface area (Å²) in [5.74, 6) is 0.318. The number of rotatable bonds is 6. The Kier molecular flexibility index (Phi) is 5.70. The van der Waals surface area contributed by atoms with E-state index >= 15 is 0 Å². The molecule has 1 aromatic rings. The molecular formula is C14H21NO2. The quantitative estimate of drug-likeness (QED) is 0.822. The minimum Gasteiger partial charge on any atom is -0.380 e. The molecule has 3 nitrogen and oxygen atoms in total. The smallest absolute Gasteiger partial charge is 0.251 e. The Morgan fingerprint density at radius 1 is 1.29 bits per heavy atom. The Morgan fingerprint density at radius 3 is 2.47 bits per heavy atom. The molecule has 94 valence electrons. The molecule has 0 aliphatic carbocycles. The van der Waals surface area contributed by atoms with Crippen LogP contribution in [0.5, 0.6) is 0 Å². The van der Waals surface area contributed by atoms with Gasteiger partial charge in [-0.25, -0.2) is 0 Å². The van der Waals surface area contributed by atoms with Crippen molar-refractivity contribution in [2.45, 2.75) is 26.8 Å². The lowest BCUT2D eigenvalue weighted by Crippen LogP contribution is -2.41. The Hall–Kier alpha value is -1.35. The van der Waals surface area contributed by atoms with Crippen LogP contribution in [-0.2, 0) is 4.74 Å². The van der Waals surface area contributed by atoms with E-state index in [-0.39, 0.29) is 11.9 Å². The molecule has 1 atom stereocenters. The molecule has 0 bridgehead atoms. The molecule has 3 heteroatoms. The largest absolute Gasteiger partial charge is 0.380 e. The van der Waals surface area contributed by atoms with Gasteiger partial charge in [-0.05, 0) is 25.0 Å².